The van der Waals surface area contributed by atoms with Crippen LogP contribution in [0.2, 0.25) is 0 Å². The molecule has 1 aromatic heterocycles. The molecule has 0 radical (unpaired) electrons. The van der Waals surface area contributed by atoms with Gasteiger partial charge in [-0.05, 0) is 24.6 Å². The summed E-state index contributed by atoms with van der Waals surface area (Å²) in [7, 11) is 0. The minimum absolute atomic E-state index is 0.102. The Morgan fingerprint density at radius 3 is 2.59 bits per heavy atom. The van der Waals surface area contributed by atoms with Crippen molar-refractivity contribution in [3.05, 3.63) is 66.0 Å². The van der Waals surface area contributed by atoms with Crippen LogP contribution in [-0.4, -0.2) is 40.7 Å². The molecule has 140 valence electrons. The molecule has 27 heavy (non-hydrogen) atoms. The first-order chi connectivity index (χ1) is 13.0. The van der Waals surface area contributed by atoms with Crippen LogP contribution in [0.3, 0.4) is 0 Å². The molecule has 0 bridgehead atoms. The van der Waals surface area contributed by atoms with Crippen LogP contribution in [0.4, 0.5) is 0 Å². The van der Waals surface area contributed by atoms with Crippen molar-refractivity contribution in [1.29, 1.82) is 0 Å². The molecule has 1 aliphatic heterocycles. The molecule has 3 rings (SSSR count). The fourth-order valence-corrected chi connectivity index (χ4v) is 3.32. The summed E-state index contributed by atoms with van der Waals surface area (Å²) >= 11 is 0. The Hall–Kier alpha value is -3.02. The second-order valence-electron chi connectivity index (χ2n) is 6.90. The highest BCUT2D eigenvalue weighted by Gasteiger charge is 2.48. The summed E-state index contributed by atoms with van der Waals surface area (Å²) in [5.41, 5.74) is 0.875. The summed E-state index contributed by atoms with van der Waals surface area (Å²) in [5, 5.41) is 2.81. The molecule has 1 atom stereocenters. The van der Waals surface area contributed by atoms with Gasteiger partial charge in [0, 0.05) is 44.2 Å². The van der Waals surface area contributed by atoms with Crippen LogP contribution in [0.5, 0.6) is 0 Å². The van der Waals surface area contributed by atoms with Crippen molar-refractivity contribution in [1.82, 2.24) is 15.2 Å². The van der Waals surface area contributed by atoms with Gasteiger partial charge in [0.15, 0.2) is 0 Å². The van der Waals surface area contributed by atoms with E-state index in [1.165, 1.54) is 4.90 Å². The standard InChI is InChI=1S/C21H23N3O3/c1-21(16-7-3-2-4-8-16)15-19(26)24(20(21)27)14-11-18(25)23-13-10-17-9-5-6-12-22-17/h2-9,12H,10-11,13-15H2,1H3,(H,23,25)/t21-/m0/s1. The Bertz CT molecular complexity index is 823. The maximum absolute atomic E-state index is 12.8. The number of hydrogen-bond donors (Lipinski definition) is 1. The highest BCUT2D eigenvalue weighted by Crippen LogP contribution is 2.36. The van der Waals surface area contributed by atoms with Gasteiger partial charge in [0.25, 0.3) is 0 Å². The smallest absolute Gasteiger partial charge is 0.240 e. The van der Waals surface area contributed by atoms with Crippen molar-refractivity contribution in [3.63, 3.8) is 0 Å². The van der Waals surface area contributed by atoms with Gasteiger partial charge in [0.05, 0.1) is 5.41 Å². The number of nitrogens with one attached hydrogen (secondary N) is 1. The number of likely N-dealkylation sites (tertiary alicyclic amines) is 1. The molecule has 6 heteroatoms. The van der Waals surface area contributed by atoms with Gasteiger partial charge in [-0.1, -0.05) is 36.4 Å². The fourth-order valence-electron chi connectivity index (χ4n) is 3.32. The highest BCUT2D eigenvalue weighted by atomic mass is 16.2. The van der Waals surface area contributed by atoms with Crippen LogP contribution in [0.15, 0.2) is 54.7 Å². The van der Waals surface area contributed by atoms with E-state index in [-0.39, 0.29) is 37.1 Å². The number of carbonyl (C=O) groups is 3. The zero-order chi connectivity index (χ0) is 19.3. The number of nitrogens with zero attached hydrogens (tertiary/aromatic N) is 2. The van der Waals surface area contributed by atoms with Crippen LogP contribution in [0.25, 0.3) is 0 Å². The normalized spacial score (nSPS) is 19.4. The minimum atomic E-state index is -0.853. The summed E-state index contributed by atoms with van der Waals surface area (Å²) in [6, 6.07) is 15.0. The summed E-state index contributed by atoms with van der Waals surface area (Å²) in [6.07, 6.45) is 2.59. The summed E-state index contributed by atoms with van der Waals surface area (Å²) in [6.45, 7) is 2.37. The Balaban J connectivity index is 1.51. The third-order valence-corrected chi connectivity index (χ3v) is 4.93. The van der Waals surface area contributed by atoms with E-state index in [9.17, 15) is 14.4 Å². The molecule has 1 aromatic carbocycles. The van der Waals surface area contributed by atoms with E-state index >= 15 is 0 Å². The van der Waals surface area contributed by atoms with Crippen molar-refractivity contribution in [3.8, 4) is 0 Å². The van der Waals surface area contributed by atoms with Gasteiger partial charge in [-0.2, -0.15) is 0 Å². The Morgan fingerprint density at radius 2 is 1.89 bits per heavy atom. The highest BCUT2D eigenvalue weighted by molar-refractivity contribution is 6.09. The molecule has 0 spiro atoms. The number of pyridine rings is 1. The molecule has 2 heterocycles. The van der Waals surface area contributed by atoms with E-state index in [0.29, 0.717) is 13.0 Å². The minimum Gasteiger partial charge on any atom is -0.356 e. The molecule has 6 nitrogen and oxygen atoms in total. The van der Waals surface area contributed by atoms with Crippen molar-refractivity contribution in [2.24, 2.45) is 0 Å². The van der Waals surface area contributed by atoms with E-state index < -0.39 is 5.41 Å². The third-order valence-electron chi connectivity index (χ3n) is 4.93. The lowest BCUT2D eigenvalue weighted by Crippen LogP contribution is -2.39. The molecule has 1 N–H and O–H groups in total. The van der Waals surface area contributed by atoms with Crippen LogP contribution < -0.4 is 5.32 Å². The number of aromatic nitrogens is 1. The molecule has 0 aliphatic carbocycles. The first-order valence-electron chi connectivity index (χ1n) is 9.07. The summed E-state index contributed by atoms with van der Waals surface area (Å²) in [5.74, 6) is -0.646. The Morgan fingerprint density at radius 1 is 1.15 bits per heavy atom. The number of benzene rings is 1. The second kappa shape index (κ2) is 8.12. The lowest BCUT2D eigenvalue weighted by molar-refractivity contribution is -0.140. The van der Waals surface area contributed by atoms with Gasteiger partial charge in [0.1, 0.15) is 0 Å². The zero-order valence-corrected chi connectivity index (χ0v) is 15.4. The van der Waals surface area contributed by atoms with E-state index in [0.717, 1.165) is 11.3 Å². The molecule has 0 saturated carbocycles. The zero-order valence-electron chi connectivity index (χ0n) is 15.4. The Labute approximate surface area is 158 Å². The summed E-state index contributed by atoms with van der Waals surface area (Å²) < 4.78 is 0. The van der Waals surface area contributed by atoms with Gasteiger partial charge in [-0.15, -0.1) is 0 Å². The topological polar surface area (TPSA) is 79.4 Å². The van der Waals surface area contributed by atoms with Crippen molar-refractivity contribution >= 4 is 17.7 Å². The number of carbonyl (C=O) groups excluding carboxylic acids is 3. The van der Waals surface area contributed by atoms with Crippen LogP contribution in [0.1, 0.15) is 31.0 Å². The van der Waals surface area contributed by atoms with Crippen molar-refractivity contribution < 1.29 is 14.4 Å². The maximum atomic E-state index is 12.8. The predicted molar refractivity (Wildman–Crippen MR) is 101 cm³/mol. The molecule has 2 aromatic rings. The fraction of sp³-hybridized carbons (Fsp3) is 0.333. The van der Waals surface area contributed by atoms with Gasteiger partial charge in [0.2, 0.25) is 17.7 Å². The molecule has 0 unspecified atom stereocenters. The van der Waals surface area contributed by atoms with Gasteiger partial charge in [-0.3, -0.25) is 24.3 Å². The van der Waals surface area contributed by atoms with Crippen LogP contribution in [0, 0.1) is 0 Å². The quantitative estimate of drug-likeness (QED) is 0.760. The van der Waals surface area contributed by atoms with E-state index in [1.807, 2.05) is 48.5 Å². The molecular weight excluding hydrogens is 342 g/mol. The monoisotopic (exact) mass is 365 g/mol. The number of imide groups is 1. The van der Waals surface area contributed by atoms with Gasteiger partial charge < -0.3 is 5.32 Å². The SMILES string of the molecule is C[C@@]1(c2ccccc2)CC(=O)N(CCC(=O)NCCc2ccccn2)C1=O. The van der Waals surface area contributed by atoms with Crippen molar-refractivity contribution in [2.45, 2.75) is 31.6 Å². The second-order valence-corrected chi connectivity index (χ2v) is 6.90. The summed E-state index contributed by atoms with van der Waals surface area (Å²) in [4.78, 5) is 42.6. The van der Waals surface area contributed by atoms with E-state index in [4.69, 9.17) is 0 Å². The predicted octanol–water partition coefficient (Wildman–Crippen LogP) is 1.85. The maximum Gasteiger partial charge on any atom is 0.240 e. The average molecular weight is 365 g/mol. The lowest BCUT2D eigenvalue weighted by Gasteiger charge is -2.22. The molecule has 1 saturated heterocycles. The van der Waals surface area contributed by atoms with Gasteiger partial charge in [-0.25, -0.2) is 0 Å². The van der Waals surface area contributed by atoms with E-state index in [1.54, 1.807) is 13.1 Å². The molecular formula is C21H23N3O3. The molecule has 1 fully saturated rings. The number of amides is 3. The number of hydrogen-bond acceptors (Lipinski definition) is 4. The number of rotatable bonds is 7. The van der Waals surface area contributed by atoms with E-state index in [2.05, 4.69) is 10.3 Å². The van der Waals surface area contributed by atoms with Crippen LogP contribution >= 0.6 is 0 Å². The molecule has 3 amide bonds. The van der Waals surface area contributed by atoms with Crippen molar-refractivity contribution in [2.75, 3.05) is 13.1 Å². The largest absolute Gasteiger partial charge is 0.356 e. The average Bonchev–Trinajstić information content (AvgIpc) is 2.91. The first kappa shape index (κ1) is 18.8. The van der Waals surface area contributed by atoms with Gasteiger partial charge >= 0.3 is 0 Å². The van der Waals surface area contributed by atoms with Crippen LogP contribution in [-0.2, 0) is 26.2 Å². The molecule has 1 aliphatic rings. The third kappa shape index (κ3) is 4.22. The lowest BCUT2D eigenvalue weighted by atomic mass is 9.81. The Kier molecular flexibility index (Phi) is 5.64. The first-order valence-corrected chi connectivity index (χ1v) is 9.07.